The summed E-state index contributed by atoms with van der Waals surface area (Å²) >= 11 is 6.27. The number of nitrogens with zero attached hydrogens (tertiary/aromatic N) is 6. The van der Waals surface area contributed by atoms with Gasteiger partial charge in [-0.05, 0) is 19.1 Å². The normalized spacial score (nSPS) is 13.7. The van der Waals surface area contributed by atoms with Crippen molar-refractivity contribution >= 4 is 29.1 Å². The molecule has 3 heterocycles. The molecule has 0 N–H and O–H groups in total. The fraction of sp³-hybridized carbons (Fsp3) is 0.389. The molecule has 0 aliphatic carbocycles. The Kier molecular flexibility index (Phi) is 5.72. The maximum atomic E-state index is 12.9. The van der Waals surface area contributed by atoms with Gasteiger partial charge < -0.3 is 9.80 Å². The van der Waals surface area contributed by atoms with Crippen LogP contribution in [0.1, 0.15) is 19.8 Å². The number of carbonyl (C=O) groups is 2. The van der Waals surface area contributed by atoms with Gasteiger partial charge in [-0.3, -0.25) is 14.6 Å². The number of pyridine rings is 1. The number of amides is 2. The zero-order chi connectivity index (χ0) is 19.4. The van der Waals surface area contributed by atoms with Gasteiger partial charge in [0.15, 0.2) is 5.15 Å². The molecule has 1 aliphatic heterocycles. The summed E-state index contributed by atoms with van der Waals surface area (Å²) in [6.07, 6.45) is 5.41. The van der Waals surface area contributed by atoms with E-state index in [-0.39, 0.29) is 35.7 Å². The van der Waals surface area contributed by atoms with Crippen molar-refractivity contribution in [3.63, 3.8) is 0 Å². The molecule has 0 atom stereocenters. The zero-order valence-corrected chi connectivity index (χ0v) is 15.6. The van der Waals surface area contributed by atoms with E-state index in [2.05, 4.69) is 10.1 Å². The van der Waals surface area contributed by atoms with Crippen LogP contribution >= 0.6 is 11.6 Å². The first-order chi connectivity index (χ1) is 13.0. The van der Waals surface area contributed by atoms with E-state index in [9.17, 15) is 9.59 Å². The average Bonchev–Trinajstić information content (AvgIpc) is 3.02. The number of hydrogen-bond donors (Lipinski definition) is 0. The Balaban J connectivity index is 1.69. The molecule has 1 saturated heterocycles. The first kappa shape index (κ1) is 18.9. The predicted octanol–water partition coefficient (Wildman–Crippen LogP) is 2.04. The zero-order valence-electron chi connectivity index (χ0n) is 14.9. The van der Waals surface area contributed by atoms with Crippen molar-refractivity contribution in [2.45, 2.75) is 19.8 Å². The lowest BCUT2D eigenvalue weighted by Gasteiger charge is -2.40. The number of nitriles is 1. The van der Waals surface area contributed by atoms with Crippen molar-refractivity contribution in [1.29, 1.82) is 5.26 Å². The molecule has 2 aromatic rings. The van der Waals surface area contributed by atoms with E-state index in [4.69, 9.17) is 16.9 Å². The summed E-state index contributed by atoms with van der Waals surface area (Å²) in [6.45, 7) is 3.04. The van der Waals surface area contributed by atoms with Crippen LogP contribution in [0, 0.1) is 17.2 Å². The van der Waals surface area contributed by atoms with Crippen molar-refractivity contribution in [3.8, 4) is 11.8 Å². The monoisotopic (exact) mass is 386 g/mol. The van der Waals surface area contributed by atoms with Crippen LogP contribution in [0.3, 0.4) is 0 Å². The third kappa shape index (κ3) is 3.93. The quantitative estimate of drug-likeness (QED) is 0.757. The van der Waals surface area contributed by atoms with E-state index in [1.54, 1.807) is 39.1 Å². The van der Waals surface area contributed by atoms with Gasteiger partial charge in [0.05, 0.1) is 30.1 Å². The van der Waals surface area contributed by atoms with Gasteiger partial charge in [0, 0.05) is 38.7 Å². The molecular formula is C18H19ClN6O2. The lowest BCUT2D eigenvalue weighted by Crippen LogP contribution is -2.56. The van der Waals surface area contributed by atoms with Crippen molar-refractivity contribution in [3.05, 3.63) is 35.9 Å². The Morgan fingerprint density at radius 2 is 2.22 bits per heavy atom. The molecule has 2 amide bonds. The molecular weight excluding hydrogens is 368 g/mol. The molecule has 0 bridgehead atoms. The van der Waals surface area contributed by atoms with Crippen LogP contribution in [-0.2, 0) is 9.59 Å². The van der Waals surface area contributed by atoms with Gasteiger partial charge in [0.25, 0.3) is 0 Å². The van der Waals surface area contributed by atoms with Crippen LogP contribution < -0.4 is 4.90 Å². The SMILES string of the molecule is CCN(C(=O)C1CN(C(=O)CCC#N)C1)c1cn(-c2cccnc2)nc1Cl. The molecule has 0 spiro atoms. The second-order valence-corrected chi connectivity index (χ2v) is 6.56. The van der Waals surface area contributed by atoms with E-state index >= 15 is 0 Å². The van der Waals surface area contributed by atoms with Crippen LogP contribution in [0.25, 0.3) is 5.69 Å². The standard InChI is InChI=1S/C18H19ClN6O2/c1-2-24(18(27)13-10-23(11-13)16(26)6-3-7-20)15-12-25(22-17(15)19)14-5-4-8-21-9-14/h4-5,8-9,12-13H,2-3,6,10-11H2,1H3. The number of likely N-dealkylation sites (tertiary alicyclic amines) is 1. The maximum absolute atomic E-state index is 12.9. The molecule has 0 saturated carbocycles. The van der Waals surface area contributed by atoms with Gasteiger partial charge in [0.2, 0.25) is 11.8 Å². The molecule has 0 unspecified atom stereocenters. The smallest absolute Gasteiger partial charge is 0.233 e. The van der Waals surface area contributed by atoms with Crippen LogP contribution in [-0.4, -0.2) is 51.1 Å². The Morgan fingerprint density at radius 3 is 2.85 bits per heavy atom. The summed E-state index contributed by atoms with van der Waals surface area (Å²) in [6, 6.07) is 5.59. The molecule has 1 aliphatic rings. The highest BCUT2D eigenvalue weighted by molar-refractivity contribution is 6.32. The number of hydrogen-bond acceptors (Lipinski definition) is 5. The Bertz CT molecular complexity index is 870. The van der Waals surface area contributed by atoms with E-state index in [0.717, 1.165) is 5.69 Å². The fourth-order valence-electron chi connectivity index (χ4n) is 2.97. The molecule has 2 aromatic heterocycles. The van der Waals surface area contributed by atoms with Crippen LogP contribution in [0.2, 0.25) is 5.15 Å². The van der Waals surface area contributed by atoms with Gasteiger partial charge >= 0.3 is 0 Å². The minimum atomic E-state index is -0.270. The Labute approximate surface area is 161 Å². The first-order valence-corrected chi connectivity index (χ1v) is 9.04. The van der Waals surface area contributed by atoms with Gasteiger partial charge in [0.1, 0.15) is 5.69 Å². The highest BCUT2D eigenvalue weighted by Gasteiger charge is 2.38. The van der Waals surface area contributed by atoms with Crippen molar-refractivity contribution < 1.29 is 9.59 Å². The molecule has 27 heavy (non-hydrogen) atoms. The number of rotatable bonds is 6. The summed E-state index contributed by atoms with van der Waals surface area (Å²) < 4.78 is 1.58. The van der Waals surface area contributed by atoms with Crippen LogP contribution in [0.5, 0.6) is 0 Å². The first-order valence-electron chi connectivity index (χ1n) is 8.66. The van der Waals surface area contributed by atoms with Gasteiger partial charge in [-0.2, -0.15) is 10.4 Å². The molecule has 1 fully saturated rings. The summed E-state index contributed by atoms with van der Waals surface area (Å²) in [4.78, 5) is 32.0. The fourth-order valence-corrected chi connectivity index (χ4v) is 3.20. The molecule has 0 aromatic carbocycles. The minimum Gasteiger partial charge on any atom is -0.341 e. The summed E-state index contributed by atoms with van der Waals surface area (Å²) in [7, 11) is 0. The van der Waals surface area contributed by atoms with E-state index in [0.29, 0.717) is 25.3 Å². The molecule has 140 valence electrons. The highest BCUT2D eigenvalue weighted by Crippen LogP contribution is 2.29. The average molecular weight is 387 g/mol. The summed E-state index contributed by atoms with van der Waals surface area (Å²) in [5.41, 5.74) is 1.27. The Morgan fingerprint density at radius 1 is 1.44 bits per heavy atom. The molecule has 0 radical (unpaired) electrons. The molecule has 3 rings (SSSR count). The predicted molar refractivity (Wildman–Crippen MR) is 99.3 cm³/mol. The molecule has 8 nitrogen and oxygen atoms in total. The number of aromatic nitrogens is 3. The summed E-state index contributed by atoms with van der Waals surface area (Å²) in [5, 5.41) is 13.1. The van der Waals surface area contributed by atoms with Crippen molar-refractivity contribution in [2.75, 3.05) is 24.5 Å². The number of halogens is 1. The van der Waals surface area contributed by atoms with E-state index in [1.165, 1.54) is 0 Å². The second kappa shape index (κ2) is 8.18. The summed E-state index contributed by atoms with van der Waals surface area (Å²) in [5.74, 6) is -0.450. The van der Waals surface area contributed by atoms with Crippen LogP contribution in [0.4, 0.5) is 5.69 Å². The Hall–Kier alpha value is -2.92. The van der Waals surface area contributed by atoms with Crippen molar-refractivity contribution in [1.82, 2.24) is 19.7 Å². The lowest BCUT2D eigenvalue weighted by atomic mass is 9.97. The van der Waals surface area contributed by atoms with E-state index < -0.39 is 0 Å². The highest BCUT2D eigenvalue weighted by atomic mass is 35.5. The lowest BCUT2D eigenvalue weighted by molar-refractivity contribution is -0.141. The third-order valence-corrected chi connectivity index (χ3v) is 4.74. The largest absolute Gasteiger partial charge is 0.341 e. The van der Waals surface area contributed by atoms with Crippen LogP contribution in [0.15, 0.2) is 30.7 Å². The topological polar surface area (TPSA) is 95.1 Å². The van der Waals surface area contributed by atoms with Gasteiger partial charge in [-0.1, -0.05) is 11.6 Å². The van der Waals surface area contributed by atoms with E-state index in [1.807, 2.05) is 19.1 Å². The van der Waals surface area contributed by atoms with Gasteiger partial charge in [-0.25, -0.2) is 4.68 Å². The number of anilines is 1. The van der Waals surface area contributed by atoms with Gasteiger partial charge in [-0.15, -0.1) is 0 Å². The third-order valence-electron chi connectivity index (χ3n) is 4.47. The molecule has 9 heteroatoms. The maximum Gasteiger partial charge on any atom is 0.233 e. The van der Waals surface area contributed by atoms with Crippen molar-refractivity contribution in [2.24, 2.45) is 5.92 Å². The second-order valence-electron chi connectivity index (χ2n) is 6.20. The minimum absolute atomic E-state index is 0.0885. The number of carbonyl (C=O) groups excluding carboxylic acids is 2.